The number of hydrogen-bond donors (Lipinski definition) is 0. The number of rotatable bonds is 5. The van der Waals surface area contributed by atoms with Crippen molar-refractivity contribution in [3.05, 3.63) is 53.1 Å². The van der Waals surface area contributed by atoms with E-state index in [1.54, 1.807) is 12.1 Å². The van der Waals surface area contributed by atoms with Gasteiger partial charge in [0.15, 0.2) is 11.5 Å². The Morgan fingerprint density at radius 1 is 0.923 bits per heavy atom. The first-order chi connectivity index (χ1) is 12.3. The molecule has 4 nitrogen and oxygen atoms in total. The van der Waals surface area contributed by atoms with E-state index in [2.05, 4.69) is 0 Å². The van der Waals surface area contributed by atoms with Crippen molar-refractivity contribution in [2.24, 2.45) is 0 Å². The minimum absolute atomic E-state index is 0.184. The molecule has 2 aromatic rings. The molecule has 0 atom stereocenters. The lowest BCUT2D eigenvalue weighted by atomic mass is 10.0. The number of alkyl halides is 3. The summed E-state index contributed by atoms with van der Waals surface area (Å²) in [5.41, 5.74) is 0.297. The van der Waals surface area contributed by atoms with Gasteiger partial charge in [0, 0.05) is 11.6 Å². The fraction of sp³-hybridized carbons (Fsp3) is 0.211. The normalized spacial score (nSPS) is 11.7. The van der Waals surface area contributed by atoms with E-state index >= 15 is 0 Å². The maximum atomic E-state index is 12.7. The van der Waals surface area contributed by atoms with E-state index in [4.69, 9.17) is 14.2 Å². The number of ether oxygens (including phenoxy) is 3. The highest BCUT2D eigenvalue weighted by Crippen LogP contribution is 2.36. The predicted molar refractivity (Wildman–Crippen MR) is 91.0 cm³/mol. The van der Waals surface area contributed by atoms with Gasteiger partial charge < -0.3 is 14.2 Å². The molecule has 0 amide bonds. The van der Waals surface area contributed by atoms with Crippen LogP contribution in [-0.2, 0) is 6.18 Å². The third-order valence-corrected chi connectivity index (χ3v) is 3.68. The minimum Gasteiger partial charge on any atom is -0.496 e. The average molecular weight is 363 g/mol. The molecule has 7 heteroatoms. The molecule has 0 spiro atoms. The maximum absolute atomic E-state index is 12.7. The van der Waals surface area contributed by atoms with Crippen LogP contribution in [0.15, 0.2) is 36.4 Å². The van der Waals surface area contributed by atoms with Gasteiger partial charge in [-0.15, -0.1) is 0 Å². The summed E-state index contributed by atoms with van der Waals surface area (Å²) in [7, 11) is 4.41. The number of methoxy groups -OCH3 is 3. The van der Waals surface area contributed by atoms with E-state index in [9.17, 15) is 18.4 Å². The third kappa shape index (κ3) is 4.09. The fourth-order valence-electron chi connectivity index (χ4n) is 2.34. The Morgan fingerprint density at radius 2 is 1.46 bits per heavy atom. The molecule has 0 saturated heterocycles. The molecule has 0 saturated carbocycles. The molecule has 0 aliphatic carbocycles. The van der Waals surface area contributed by atoms with Gasteiger partial charge in [0.2, 0.25) is 0 Å². The number of nitrogens with zero attached hydrogens (tertiary/aromatic N) is 1. The highest BCUT2D eigenvalue weighted by Gasteiger charge is 2.30. The third-order valence-electron chi connectivity index (χ3n) is 3.68. The molecule has 26 heavy (non-hydrogen) atoms. The Kier molecular flexibility index (Phi) is 5.78. The van der Waals surface area contributed by atoms with Crippen LogP contribution in [0.5, 0.6) is 17.2 Å². The van der Waals surface area contributed by atoms with E-state index in [1.807, 2.05) is 6.07 Å². The lowest BCUT2D eigenvalue weighted by Crippen LogP contribution is -2.04. The van der Waals surface area contributed by atoms with Crippen LogP contribution in [0, 0.1) is 11.3 Å². The van der Waals surface area contributed by atoms with Gasteiger partial charge >= 0.3 is 6.18 Å². The molecule has 0 aliphatic rings. The van der Waals surface area contributed by atoms with Crippen LogP contribution >= 0.6 is 0 Å². The zero-order valence-corrected chi connectivity index (χ0v) is 14.3. The van der Waals surface area contributed by atoms with Crippen molar-refractivity contribution < 1.29 is 27.4 Å². The molecule has 0 aliphatic heterocycles. The van der Waals surface area contributed by atoms with Crippen molar-refractivity contribution in [2.75, 3.05) is 21.3 Å². The van der Waals surface area contributed by atoms with Crippen LogP contribution in [0.3, 0.4) is 0 Å². The summed E-state index contributed by atoms with van der Waals surface area (Å²) >= 11 is 0. The number of hydrogen-bond acceptors (Lipinski definition) is 4. The Hall–Kier alpha value is -3.14. The highest BCUT2D eigenvalue weighted by molar-refractivity contribution is 5.91. The topological polar surface area (TPSA) is 51.5 Å². The molecule has 0 bridgehead atoms. The number of nitriles is 1. The van der Waals surface area contributed by atoms with Gasteiger partial charge in [0.25, 0.3) is 0 Å². The number of halogens is 3. The van der Waals surface area contributed by atoms with Crippen LogP contribution in [0.2, 0.25) is 0 Å². The Morgan fingerprint density at radius 3 is 1.92 bits per heavy atom. The van der Waals surface area contributed by atoms with Crippen molar-refractivity contribution in [2.45, 2.75) is 6.18 Å². The van der Waals surface area contributed by atoms with Gasteiger partial charge in [-0.25, -0.2) is 0 Å². The Balaban J connectivity index is 2.50. The van der Waals surface area contributed by atoms with E-state index in [0.29, 0.717) is 28.4 Å². The van der Waals surface area contributed by atoms with Crippen molar-refractivity contribution in [1.82, 2.24) is 0 Å². The monoisotopic (exact) mass is 363 g/mol. The number of benzene rings is 2. The lowest BCUT2D eigenvalue weighted by molar-refractivity contribution is -0.137. The minimum atomic E-state index is -4.43. The van der Waals surface area contributed by atoms with Gasteiger partial charge in [0.1, 0.15) is 5.75 Å². The van der Waals surface area contributed by atoms with Gasteiger partial charge in [-0.1, -0.05) is 12.1 Å². The molecular formula is C19H16F3NO3. The highest BCUT2D eigenvalue weighted by atomic mass is 19.4. The Labute approximate surface area is 149 Å². The molecule has 0 N–H and O–H groups in total. The first kappa shape index (κ1) is 19.2. The van der Waals surface area contributed by atoms with Crippen molar-refractivity contribution in [3.63, 3.8) is 0 Å². The van der Waals surface area contributed by atoms with Crippen molar-refractivity contribution in [3.8, 4) is 23.3 Å². The summed E-state index contributed by atoms with van der Waals surface area (Å²) in [6.07, 6.45) is -2.91. The lowest BCUT2D eigenvalue weighted by Gasteiger charge is -2.12. The molecule has 0 unspecified atom stereocenters. The molecule has 0 radical (unpaired) electrons. The quantitative estimate of drug-likeness (QED) is 0.566. The molecule has 2 aromatic carbocycles. The fourth-order valence-corrected chi connectivity index (χ4v) is 2.34. The first-order valence-corrected chi connectivity index (χ1v) is 7.43. The molecule has 0 aromatic heterocycles. The summed E-state index contributed by atoms with van der Waals surface area (Å²) < 4.78 is 53.8. The van der Waals surface area contributed by atoms with Gasteiger partial charge in [-0.05, 0) is 29.8 Å². The van der Waals surface area contributed by atoms with Gasteiger partial charge in [0.05, 0.1) is 38.5 Å². The molecule has 0 heterocycles. The van der Waals surface area contributed by atoms with Crippen molar-refractivity contribution >= 4 is 11.6 Å². The maximum Gasteiger partial charge on any atom is 0.416 e. The molecule has 2 rings (SSSR count). The van der Waals surface area contributed by atoms with Crippen molar-refractivity contribution in [1.29, 1.82) is 5.26 Å². The zero-order valence-electron chi connectivity index (χ0n) is 14.3. The summed E-state index contributed by atoms with van der Waals surface area (Å²) in [6.45, 7) is 0. The van der Waals surface area contributed by atoms with Crippen LogP contribution in [-0.4, -0.2) is 21.3 Å². The first-order valence-electron chi connectivity index (χ1n) is 7.43. The van der Waals surface area contributed by atoms with Gasteiger partial charge in [-0.2, -0.15) is 18.4 Å². The van der Waals surface area contributed by atoms with Crippen LogP contribution in [0.25, 0.3) is 11.6 Å². The number of allylic oxidation sites excluding steroid dienone is 1. The summed E-state index contributed by atoms with van der Waals surface area (Å²) in [4.78, 5) is 0. The second-order valence-corrected chi connectivity index (χ2v) is 5.19. The van der Waals surface area contributed by atoms with E-state index in [1.165, 1.54) is 39.5 Å². The average Bonchev–Trinajstić information content (AvgIpc) is 2.64. The summed E-state index contributed by atoms with van der Waals surface area (Å²) in [5.74, 6) is 1.32. The SMILES string of the molecule is COc1cc(OC)c(OC)cc1C=C(C#N)c1ccc(C(F)(F)F)cc1. The second-order valence-electron chi connectivity index (χ2n) is 5.19. The van der Waals surface area contributed by atoms with Crippen LogP contribution < -0.4 is 14.2 Å². The second kappa shape index (κ2) is 7.83. The molecular weight excluding hydrogens is 347 g/mol. The van der Waals surface area contributed by atoms with E-state index in [-0.39, 0.29) is 5.57 Å². The van der Waals surface area contributed by atoms with E-state index < -0.39 is 11.7 Å². The largest absolute Gasteiger partial charge is 0.496 e. The molecule has 0 fully saturated rings. The summed E-state index contributed by atoms with van der Waals surface area (Å²) in [6, 6.07) is 9.61. The predicted octanol–water partition coefficient (Wildman–Crippen LogP) is 4.80. The summed E-state index contributed by atoms with van der Waals surface area (Å²) in [5, 5.41) is 9.42. The van der Waals surface area contributed by atoms with Crippen LogP contribution in [0.1, 0.15) is 16.7 Å². The standard InChI is InChI=1S/C19H16F3NO3/c1-24-16-10-18(26-3)17(25-2)9-13(16)8-14(11-23)12-4-6-15(7-5-12)19(20,21)22/h4-10H,1-3H3. The Bertz CT molecular complexity index is 850. The van der Waals surface area contributed by atoms with Gasteiger partial charge in [-0.3, -0.25) is 0 Å². The van der Waals surface area contributed by atoms with E-state index in [0.717, 1.165) is 12.1 Å². The smallest absolute Gasteiger partial charge is 0.416 e. The van der Waals surface area contributed by atoms with Crippen LogP contribution in [0.4, 0.5) is 13.2 Å². The molecule has 136 valence electrons. The zero-order chi connectivity index (χ0) is 19.3.